The molecule has 3 heteroatoms. The van der Waals surface area contributed by atoms with Gasteiger partial charge in [0.2, 0.25) is 0 Å². The van der Waals surface area contributed by atoms with Crippen molar-refractivity contribution in [2.24, 2.45) is 17.8 Å². The van der Waals surface area contributed by atoms with E-state index in [4.69, 9.17) is 9.47 Å². The highest BCUT2D eigenvalue weighted by molar-refractivity contribution is 4.82. The average Bonchev–Trinajstić information content (AvgIpc) is 2.18. The van der Waals surface area contributed by atoms with E-state index in [1.165, 1.54) is 0 Å². The summed E-state index contributed by atoms with van der Waals surface area (Å²) in [5.41, 5.74) is 0. The fraction of sp³-hybridized carbons (Fsp3) is 1.00. The highest BCUT2D eigenvalue weighted by Gasteiger charge is 2.38. The normalized spacial score (nSPS) is 42.2. The quantitative estimate of drug-likeness (QED) is 0.784. The van der Waals surface area contributed by atoms with Gasteiger partial charge in [0.25, 0.3) is 0 Å². The third-order valence-electron chi connectivity index (χ3n) is 3.60. The van der Waals surface area contributed by atoms with Crippen LogP contribution in [0.4, 0.5) is 0 Å². The summed E-state index contributed by atoms with van der Waals surface area (Å²) in [5, 5.41) is 9.72. The predicted octanol–water partition coefficient (Wildman–Crippen LogP) is 2.04. The Kier molecular flexibility index (Phi) is 4.56. The van der Waals surface area contributed by atoms with Crippen LogP contribution in [0, 0.1) is 17.8 Å². The van der Waals surface area contributed by atoms with Gasteiger partial charge in [0.05, 0.1) is 18.8 Å². The van der Waals surface area contributed by atoms with Gasteiger partial charge < -0.3 is 14.6 Å². The molecule has 0 aliphatic carbocycles. The molecule has 0 aromatic heterocycles. The molecule has 1 heterocycles. The summed E-state index contributed by atoms with van der Waals surface area (Å²) in [7, 11) is 0. The van der Waals surface area contributed by atoms with Crippen LogP contribution in [0.5, 0.6) is 0 Å². The summed E-state index contributed by atoms with van der Waals surface area (Å²) in [6.07, 6.45) is -0.404. The highest BCUT2D eigenvalue weighted by Crippen LogP contribution is 2.34. The molecular formula is C12H24O3. The Morgan fingerprint density at radius 1 is 1.13 bits per heavy atom. The van der Waals surface area contributed by atoms with Crippen LogP contribution in [0.2, 0.25) is 0 Å². The van der Waals surface area contributed by atoms with Crippen molar-refractivity contribution in [1.82, 2.24) is 0 Å². The Hall–Kier alpha value is -0.120. The lowest BCUT2D eigenvalue weighted by Crippen LogP contribution is -2.46. The van der Waals surface area contributed by atoms with Gasteiger partial charge in [0.1, 0.15) is 0 Å². The molecule has 0 aromatic rings. The monoisotopic (exact) mass is 216 g/mol. The maximum Gasteiger partial charge on any atom is 0.157 e. The smallest absolute Gasteiger partial charge is 0.157 e. The van der Waals surface area contributed by atoms with Crippen molar-refractivity contribution in [3.63, 3.8) is 0 Å². The molecule has 90 valence electrons. The molecule has 1 fully saturated rings. The molecule has 2 unspecified atom stereocenters. The lowest BCUT2D eigenvalue weighted by Gasteiger charge is -2.41. The molecule has 1 aliphatic heterocycles. The SMILES string of the molecule is CC(C)OCC1O[C@@H](O)C(C)[C@@H](C)[C@@H]1C. The van der Waals surface area contributed by atoms with E-state index >= 15 is 0 Å². The third kappa shape index (κ3) is 3.16. The summed E-state index contributed by atoms with van der Waals surface area (Å²) in [6.45, 7) is 11.0. The van der Waals surface area contributed by atoms with Crippen LogP contribution in [0.25, 0.3) is 0 Å². The third-order valence-corrected chi connectivity index (χ3v) is 3.60. The van der Waals surface area contributed by atoms with E-state index in [-0.39, 0.29) is 18.1 Å². The van der Waals surface area contributed by atoms with Gasteiger partial charge in [-0.1, -0.05) is 20.8 Å². The summed E-state index contributed by atoms with van der Waals surface area (Å²) in [6, 6.07) is 0. The molecule has 0 aromatic carbocycles. The fourth-order valence-corrected chi connectivity index (χ4v) is 1.98. The topological polar surface area (TPSA) is 38.7 Å². The molecular weight excluding hydrogens is 192 g/mol. The molecule has 1 rings (SSSR count). The largest absolute Gasteiger partial charge is 0.376 e. The zero-order valence-corrected chi connectivity index (χ0v) is 10.4. The molecule has 0 bridgehead atoms. The minimum absolute atomic E-state index is 0.0219. The van der Waals surface area contributed by atoms with E-state index in [2.05, 4.69) is 13.8 Å². The van der Waals surface area contributed by atoms with Crippen molar-refractivity contribution in [3.05, 3.63) is 0 Å². The molecule has 15 heavy (non-hydrogen) atoms. The molecule has 1 N–H and O–H groups in total. The molecule has 1 aliphatic rings. The van der Waals surface area contributed by atoms with E-state index in [0.29, 0.717) is 18.4 Å². The Morgan fingerprint density at radius 3 is 2.27 bits per heavy atom. The van der Waals surface area contributed by atoms with E-state index < -0.39 is 6.29 Å². The number of hydrogen-bond acceptors (Lipinski definition) is 3. The average molecular weight is 216 g/mol. The first kappa shape index (κ1) is 12.9. The van der Waals surface area contributed by atoms with Crippen LogP contribution in [-0.2, 0) is 9.47 Å². The second-order valence-corrected chi connectivity index (χ2v) is 5.02. The molecule has 0 spiro atoms. The van der Waals surface area contributed by atoms with Crippen LogP contribution in [0.3, 0.4) is 0 Å². The zero-order valence-electron chi connectivity index (χ0n) is 10.4. The van der Waals surface area contributed by atoms with E-state index in [1.54, 1.807) is 0 Å². The van der Waals surface area contributed by atoms with E-state index in [1.807, 2.05) is 20.8 Å². The molecule has 1 saturated heterocycles. The summed E-state index contributed by atoms with van der Waals surface area (Å²) in [4.78, 5) is 0. The van der Waals surface area contributed by atoms with Gasteiger partial charge in [-0.05, 0) is 25.7 Å². The molecule has 5 atom stereocenters. The standard InChI is InChI=1S/C12H24O3/c1-7(2)14-6-11-9(4)8(3)10(5)12(13)15-11/h7-13H,6H2,1-5H3/t8-,9-,10?,11?,12+/m0/s1. The second-order valence-electron chi connectivity index (χ2n) is 5.02. The zero-order chi connectivity index (χ0) is 11.6. The van der Waals surface area contributed by atoms with Crippen LogP contribution < -0.4 is 0 Å². The Labute approximate surface area is 92.8 Å². The van der Waals surface area contributed by atoms with Gasteiger partial charge in [0.15, 0.2) is 6.29 Å². The van der Waals surface area contributed by atoms with Crippen LogP contribution in [-0.4, -0.2) is 30.2 Å². The number of aliphatic hydroxyl groups is 1. The Bertz CT molecular complexity index is 193. The molecule has 3 nitrogen and oxygen atoms in total. The first-order chi connectivity index (χ1) is 6.93. The summed E-state index contributed by atoms with van der Waals surface area (Å²) in [5.74, 6) is 1.10. The fourth-order valence-electron chi connectivity index (χ4n) is 1.98. The summed E-state index contributed by atoms with van der Waals surface area (Å²) >= 11 is 0. The summed E-state index contributed by atoms with van der Waals surface area (Å²) < 4.78 is 11.1. The first-order valence-corrected chi connectivity index (χ1v) is 5.88. The van der Waals surface area contributed by atoms with Crippen molar-refractivity contribution in [2.75, 3.05) is 6.61 Å². The van der Waals surface area contributed by atoms with E-state index in [0.717, 1.165) is 0 Å². The molecule has 0 radical (unpaired) electrons. The highest BCUT2D eigenvalue weighted by atomic mass is 16.6. The van der Waals surface area contributed by atoms with Crippen LogP contribution in [0.15, 0.2) is 0 Å². The van der Waals surface area contributed by atoms with Gasteiger partial charge in [0, 0.05) is 5.92 Å². The number of hydrogen-bond donors (Lipinski definition) is 1. The maximum atomic E-state index is 9.72. The van der Waals surface area contributed by atoms with Crippen molar-refractivity contribution in [3.8, 4) is 0 Å². The van der Waals surface area contributed by atoms with Crippen molar-refractivity contribution in [1.29, 1.82) is 0 Å². The minimum Gasteiger partial charge on any atom is -0.376 e. The lowest BCUT2D eigenvalue weighted by molar-refractivity contribution is -0.237. The second kappa shape index (κ2) is 5.28. The van der Waals surface area contributed by atoms with Crippen LogP contribution in [0.1, 0.15) is 34.6 Å². The minimum atomic E-state index is -0.642. The molecule has 0 amide bonds. The van der Waals surface area contributed by atoms with Gasteiger partial charge in [-0.15, -0.1) is 0 Å². The molecule has 0 saturated carbocycles. The van der Waals surface area contributed by atoms with Crippen molar-refractivity contribution in [2.45, 2.75) is 53.1 Å². The number of aliphatic hydroxyl groups excluding tert-OH is 1. The Balaban J connectivity index is 2.51. The lowest BCUT2D eigenvalue weighted by atomic mass is 9.79. The van der Waals surface area contributed by atoms with Crippen molar-refractivity contribution < 1.29 is 14.6 Å². The maximum absolute atomic E-state index is 9.72. The van der Waals surface area contributed by atoms with Gasteiger partial charge in [-0.25, -0.2) is 0 Å². The van der Waals surface area contributed by atoms with Gasteiger partial charge in [-0.2, -0.15) is 0 Å². The number of rotatable bonds is 3. The van der Waals surface area contributed by atoms with Crippen LogP contribution >= 0.6 is 0 Å². The van der Waals surface area contributed by atoms with Gasteiger partial charge in [-0.3, -0.25) is 0 Å². The van der Waals surface area contributed by atoms with E-state index in [9.17, 15) is 5.11 Å². The number of ether oxygens (including phenoxy) is 2. The Morgan fingerprint density at radius 2 is 1.73 bits per heavy atom. The first-order valence-electron chi connectivity index (χ1n) is 5.88. The van der Waals surface area contributed by atoms with Crippen molar-refractivity contribution >= 4 is 0 Å². The van der Waals surface area contributed by atoms with Gasteiger partial charge >= 0.3 is 0 Å². The predicted molar refractivity (Wildman–Crippen MR) is 59.5 cm³/mol.